The summed E-state index contributed by atoms with van der Waals surface area (Å²) in [7, 11) is -3.66. The molecule has 1 N–H and O–H groups in total. The van der Waals surface area contributed by atoms with Gasteiger partial charge in [-0.2, -0.15) is 8.42 Å². The molecule has 3 nitrogen and oxygen atoms in total. The van der Waals surface area contributed by atoms with E-state index in [-0.39, 0.29) is 5.75 Å². The fraction of sp³-hybridized carbons (Fsp3) is 1.00. The molecule has 0 fully saturated rings. The van der Waals surface area contributed by atoms with Crippen LogP contribution in [0, 0.1) is 0 Å². The maximum atomic E-state index is 9.56. The predicted octanol–water partition coefficient (Wildman–Crippen LogP) is 4.78. The molecule has 0 rings (SSSR count). The molecule has 0 saturated heterocycles. The topological polar surface area (TPSA) is 54.4 Å². The van der Waals surface area contributed by atoms with E-state index in [0.29, 0.717) is 0 Å². The SMILES string of the molecule is CCC[CH2][Sn]([CH2]CCC)[CH2]CCC.CCS(=O)(=O)O. The first-order valence-electron chi connectivity index (χ1n) is 7.69. The molecule has 0 spiro atoms. The van der Waals surface area contributed by atoms with E-state index in [1.807, 2.05) is 0 Å². The molecule has 0 aliphatic heterocycles. The minimum absolute atomic E-state index is 0.201. The largest absolute Gasteiger partial charge is 0.286 e. The summed E-state index contributed by atoms with van der Waals surface area (Å²) >= 11 is -0.839. The molecule has 0 amide bonds. The Morgan fingerprint density at radius 1 is 0.789 bits per heavy atom. The predicted molar refractivity (Wildman–Crippen MR) is 87.0 cm³/mol. The van der Waals surface area contributed by atoms with E-state index in [1.165, 1.54) is 45.4 Å². The van der Waals surface area contributed by atoms with Gasteiger partial charge in [0.2, 0.25) is 0 Å². The third kappa shape index (κ3) is 21.2. The van der Waals surface area contributed by atoms with Gasteiger partial charge in [0, 0.05) is 0 Å². The molecule has 0 aromatic heterocycles. The molecular formula is C14H33O3SSn. The Labute approximate surface area is 128 Å². The Bertz CT molecular complexity index is 247. The molecule has 0 aromatic carbocycles. The van der Waals surface area contributed by atoms with Crippen LogP contribution in [0.25, 0.3) is 0 Å². The van der Waals surface area contributed by atoms with Crippen LogP contribution >= 0.6 is 0 Å². The van der Waals surface area contributed by atoms with Crippen molar-refractivity contribution in [2.24, 2.45) is 0 Å². The van der Waals surface area contributed by atoms with Crippen LogP contribution in [0.1, 0.15) is 66.2 Å². The van der Waals surface area contributed by atoms with Gasteiger partial charge in [0.1, 0.15) is 0 Å². The summed E-state index contributed by atoms with van der Waals surface area (Å²) in [5.41, 5.74) is 0. The molecule has 0 heterocycles. The molecule has 0 aromatic rings. The van der Waals surface area contributed by atoms with E-state index in [0.717, 1.165) is 0 Å². The fourth-order valence-corrected chi connectivity index (χ4v) is 11.1. The van der Waals surface area contributed by atoms with Gasteiger partial charge in [-0.05, 0) is 6.92 Å². The van der Waals surface area contributed by atoms with E-state index >= 15 is 0 Å². The van der Waals surface area contributed by atoms with Gasteiger partial charge in [-0.1, -0.05) is 0 Å². The van der Waals surface area contributed by atoms with E-state index in [1.54, 1.807) is 13.3 Å². The average molecular weight is 400 g/mol. The van der Waals surface area contributed by atoms with Gasteiger partial charge < -0.3 is 0 Å². The van der Waals surface area contributed by atoms with Gasteiger partial charge in [0.25, 0.3) is 10.1 Å². The van der Waals surface area contributed by atoms with Crippen molar-refractivity contribution in [2.75, 3.05) is 5.75 Å². The fourth-order valence-electron chi connectivity index (χ4n) is 1.66. The summed E-state index contributed by atoms with van der Waals surface area (Å²) in [5.74, 6) is -0.201. The Kier molecular flexibility index (Phi) is 17.5. The van der Waals surface area contributed by atoms with Gasteiger partial charge in [-0.25, -0.2) is 0 Å². The molecule has 117 valence electrons. The van der Waals surface area contributed by atoms with Crippen molar-refractivity contribution < 1.29 is 13.0 Å². The van der Waals surface area contributed by atoms with Crippen LogP contribution in [0.5, 0.6) is 0 Å². The first-order chi connectivity index (χ1) is 8.91. The Morgan fingerprint density at radius 3 is 1.21 bits per heavy atom. The summed E-state index contributed by atoms with van der Waals surface area (Å²) in [6.07, 6.45) is 8.85. The van der Waals surface area contributed by atoms with Crippen LogP contribution in [-0.2, 0) is 10.1 Å². The van der Waals surface area contributed by atoms with Crippen molar-refractivity contribution in [3.63, 3.8) is 0 Å². The molecule has 1 radical (unpaired) electrons. The van der Waals surface area contributed by atoms with Crippen molar-refractivity contribution in [3.05, 3.63) is 0 Å². The zero-order valence-corrected chi connectivity index (χ0v) is 16.9. The van der Waals surface area contributed by atoms with Crippen LogP contribution in [0.3, 0.4) is 0 Å². The monoisotopic (exact) mass is 401 g/mol. The van der Waals surface area contributed by atoms with Crippen molar-refractivity contribution >= 4 is 29.9 Å². The smallest absolute Gasteiger partial charge is 0.264 e. The Hall–Kier alpha value is 0.709. The molecule has 5 heteroatoms. The Balaban J connectivity index is 0. The van der Waals surface area contributed by atoms with Crippen molar-refractivity contribution in [3.8, 4) is 0 Å². The van der Waals surface area contributed by atoms with Crippen LogP contribution in [0.2, 0.25) is 13.3 Å². The number of unbranched alkanes of at least 4 members (excludes halogenated alkanes) is 3. The third-order valence-electron chi connectivity index (χ3n) is 3.02. The normalized spacial score (nSPS) is 11.3. The molecule has 19 heavy (non-hydrogen) atoms. The van der Waals surface area contributed by atoms with Crippen molar-refractivity contribution in [2.45, 2.75) is 79.5 Å². The van der Waals surface area contributed by atoms with Gasteiger partial charge >= 0.3 is 92.4 Å². The van der Waals surface area contributed by atoms with E-state index in [4.69, 9.17) is 4.55 Å². The van der Waals surface area contributed by atoms with E-state index < -0.39 is 29.9 Å². The van der Waals surface area contributed by atoms with Gasteiger partial charge in [-0.15, -0.1) is 0 Å². The molecule has 0 aliphatic carbocycles. The van der Waals surface area contributed by atoms with Crippen molar-refractivity contribution in [1.29, 1.82) is 0 Å². The Morgan fingerprint density at radius 2 is 1.05 bits per heavy atom. The number of hydrogen-bond donors (Lipinski definition) is 1. The van der Waals surface area contributed by atoms with E-state index in [2.05, 4.69) is 20.8 Å². The molecule has 0 saturated carbocycles. The van der Waals surface area contributed by atoms with Crippen LogP contribution < -0.4 is 0 Å². The first kappa shape index (κ1) is 22.0. The average Bonchev–Trinajstić information content (AvgIpc) is 2.38. The van der Waals surface area contributed by atoms with Gasteiger partial charge in [0.15, 0.2) is 0 Å². The standard InChI is InChI=1S/3C4H9.C2H6O3S.Sn/c3*1-3-4-2;1-2-6(3,4)5;/h3*1,3-4H2,2H3;2H2,1H3,(H,3,4,5);. The summed E-state index contributed by atoms with van der Waals surface area (Å²) in [4.78, 5) is 0. The minimum atomic E-state index is -3.66. The molecule has 0 bridgehead atoms. The van der Waals surface area contributed by atoms with Crippen molar-refractivity contribution in [1.82, 2.24) is 0 Å². The quantitative estimate of drug-likeness (QED) is 0.425. The summed E-state index contributed by atoms with van der Waals surface area (Å²) in [5, 5.41) is 0. The molecular weight excluding hydrogens is 367 g/mol. The zero-order chi connectivity index (χ0) is 15.1. The first-order valence-corrected chi connectivity index (χ1v) is 15.4. The van der Waals surface area contributed by atoms with Gasteiger partial charge in [0.05, 0.1) is 5.75 Å². The van der Waals surface area contributed by atoms with Crippen LogP contribution in [0.15, 0.2) is 0 Å². The maximum absolute atomic E-state index is 9.56. The minimum Gasteiger partial charge on any atom is -0.286 e. The van der Waals surface area contributed by atoms with Gasteiger partial charge in [-0.3, -0.25) is 4.55 Å². The third-order valence-corrected chi connectivity index (χ3v) is 12.8. The number of hydrogen-bond acceptors (Lipinski definition) is 2. The summed E-state index contributed by atoms with van der Waals surface area (Å²) < 4.78 is 31.9. The second-order valence-corrected chi connectivity index (χ2v) is 15.2. The summed E-state index contributed by atoms with van der Waals surface area (Å²) in [6, 6.07) is 0. The maximum Gasteiger partial charge on any atom is 0.264 e. The molecule has 0 unspecified atom stereocenters. The van der Waals surface area contributed by atoms with Crippen LogP contribution in [0.4, 0.5) is 0 Å². The molecule has 0 atom stereocenters. The summed E-state index contributed by atoms with van der Waals surface area (Å²) in [6.45, 7) is 8.37. The van der Waals surface area contributed by atoms with Crippen LogP contribution in [-0.4, -0.2) is 38.5 Å². The molecule has 0 aliphatic rings. The zero-order valence-electron chi connectivity index (χ0n) is 13.2. The number of rotatable bonds is 10. The second-order valence-electron chi connectivity index (χ2n) is 4.93. The second kappa shape index (κ2) is 15.1. The van der Waals surface area contributed by atoms with E-state index in [9.17, 15) is 8.42 Å².